The summed E-state index contributed by atoms with van der Waals surface area (Å²) in [4.78, 5) is 70.0. The van der Waals surface area contributed by atoms with Gasteiger partial charge in [-0.2, -0.15) is 0 Å². The zero-order valence-electron chi connectivity index (χ0n) is 17.6. The van der Waals surface area contributed by atoms with Gasteiger partial charge in [0, 0.05) is 34.6 Å². The molecule has 12 nitrogen and oxygen atoms in total. The number of rotatable bonds is 11. The fourth-order valence-corrected chi connectivity index (χ4v) is 2.30. The molecule has 0 saturated carbocycles. The molecule has 0 aliphatic heterocycles. The molecule has 30 heavy (non-hydrogen) atoms. The van der Waals surface area contributed by atoms with Crippen LogP contribution in [-0.4, -0.2) is 73.4 Å². The van der Waals surface area contributed by atoms with Crippen LogP contribution < -0.4 is 0 Å². The number of hydrogen-bond donors (Lipinski definition) is 0. The molecular weight excluding hydrogens is 408 g/mol. The molecule has 12 heteroatoms. The molecule has 0 amide bonds. The normalized spacial score (nSPS) is 14.2. The van der Waals surface area contributed by atoms with Crippen molar-refractivity contribution in [2.75, 3.05) is 13.2 Å². The number of carbonyl (C=O) groups is 6. The Balaban J connectivity index is 6.34. The Labute approximate surface area is 173 Å². The smallest absolute Gasteiger partial charge is 0.351 e. The maximum Gasteiger partial charge on any atom is 0.351 e. The highest BCUT2D eigenvalue weighted by Gasteiger charge is 2.47. The fourth-order valence-electron chi connectivity index (χ4n) is 2.30. The quantitative estimate of drug-likeness (QED) is 0.313. The van der Waals surface area contributed by atoms with E-state index in [-0.39, 0.29) is 6.61 Å². The van der Waals surface area contributed by atoms with E-state index in [0.717, 1.165) is 34.6 Å². The molecule has 4 atom stereocenters. The van der Waals surface area contributed by atoms with Crippen molar-refractivity contribution < 1.29 is 57.2 Å². The highest BCUT2D eigenvalue weighted by molar-refractivity contribution is 5.80. The largest absolute Gasteiger partial charge is 0.463 e. The second-order valence-electron chi connectivity index (χ2n) is 5.88. The van der Waals surface area contributed by atoms with E-state index in [2.05, 4.69) is 0 Å². The molecule has 0 aliphatic rings. The molecule has 0 rings (SSSR count). The van der Waals surface area contributed by atoms with E-state index in [9.17, 15) is 28.8 Å². The monoisotopic (exact) mass is 434 g/mol. The summed E-state index contributed by atoms with van der Waals surface area (Å²) in [5.41, 5.74) is 0. The van der Waals surface area contributed by atoms with Gasteiger partial charge >= 0.3 is 35.8 Å². The molecule has 170 valence electrons. The van der Waals surface area contributed by atoms with E-state index in [1.807, 2.05) is 0 Å². The Morgan fingerprint density at radius 2 is 1.07 bits per heavy atom. The van der Waals surface area contributed by atoms with Gasteiger partial charge in [0.1, 0.15) is 6.61 Å². The molecule has 0 bridgehead atoms. The first-order chi connectivity index (χ1) is 13.9. The number of carbonyl (C=O) groups excluding carboxylic acids is 6. The SMILES string of the molecule is CCOC(=O)[C@H](OC(C)=O)[C@@H](OC(C)=O)[C@@H](OC(C)=O)[C@@H](COC(C)=O)OC(C)=O. The van der Waals surface area contributed by atoms with Crippen LogP contribution in [0.25, 0.3) is 0 Å². The first-order valence-electron chi connectivity index (χ1n) is 8.87. The van der Waals surface area contributed by atoms with E-state index in [1.54, 1.807) is 0 Å². The predicted octanol–water partition coefficient (Wildman–Crippen LogP) is -0.161. The Hall–Kier alpha value is -3.18. The summed E-state index contributed by atoms with van der Waals surface area (Å²) >= 11 is 0. The second-order valence-corrected chi connectivity index (χ2v) is 5.88. The Kier molecular flexibility index (Phi) is 11.7. The molecule has 0 N–H and O–H groups in total. The Morgan fingerprint density at radius 1 is 0.600 bits per heavy atom. The molecule has 0 radical (unpaired) electrons. The lowest BCUT2D eigenvalue weighted by Crippen LogP contribution is -2.55. The first-order valence-corrected chi connectivity index (χ1v) is 8.87. The van der Waals surface area contributed by atoms with Crippen LogP contribution in [0.3, 0.4) is 0 Å². The van der Waals surface area contributed by atoms with Crippen molar-refractivity contribution in [2.24, 2.45) is 0 Å². The molecule has 0 fully saturated rings. The minimum atomic E-state index is -1.87. The van der Waals surface area contributed by atoms with Crippen LogP contribution in [0.15, 0.2) is 0 Å². The lowest BCUT2D eigenvalue weighted by molar-refractivity contribution is -0.208. The summed E-state index contributed by atoms with van der Waals surface area (Å²) in [6, 6.07) is 0. The molecule has 0 unspecified atom stereocenters. The lowest BCUT2D eigenvalue weighted by Gasteiger charge is -2.34. The summed E-state index contributed by atoms with van der Waals surface area (Å²) in [5, 5.41) is 0. The highest BCUT2D eigenvalue weighted by Crippen LogP contribution is 2.21. The number of esters is 6. The van der Waals surface area contributed by atoms with Gasteiger partial charge in [-0.25, -0.2) is 4.79 Å². The van der Waals surface area contributed by atoms with Gasteiger partial charge < -0.3 is 28.4 Å². The minimum absolute atomic E-state index is 0.109. The van der Waals surface area contributed by atoms with Crippen molar-refractivity contribution in [1.29, 1.82) is 0 Å². The summed E-state index contributed by atoms with van der Waals surface area (Å²) in [6.07, 6.45) is -6.85. The maximum absolute atomic E-state index is 12.4. The lowest BCUT2D eigenvalue weighted by atomic mass is 10.0. The predicted molar refractivity (Wildman–Crippen MR) is 95.5 cm³/mol. The topological polar surface area (TPSA) is 158 Å². The van der Waals surface area contributed by atoms with E-state index in [4.69, 9.17) is 28.4 Å². The van der Waals surface area contributed by atoms with Gasteiger partial charge in [0.25, 0.3) is 0 Å². The zero-order valence-corrected chi connectivity index (χ0v) is 17.6. The second kappa shape index (κ2) is 13.1. The highest BCUT2D eigenvalue weighted by atomic mass is 16.6. The minimum Gasteiger partial charge on any atom is -0.463 e. The summed E-state index contributed by atoms with van der Waals surface area (Å²) < 4.78 is 29.8. The molecule has 0 aromatic carbocycles. The maximum atomic E-state index is 12.4. The fraction of sp³-hybridized carbons (Fsp3) is 0.667. The van der Waals surface area contributed by atoms with Crippen LogP contribution in [0.2, 0.25) is 0 Å². The Bertz CT molecular complexity index is 656. The van der Waals surface area contributed by atoms with Gasteiger partial charge in [0.2, 0.25) is 6.10 Å². The molecule has 0 aliphatic carbocycles. The van der Waals surface area contributed by atoms with Crippen molar-refractivity contribution >= 4 is 35.8 Å². The van der Waals surface area contributed by atoms with Crippen LogP contribution in [0, 0.1) is 0 Å². The zero-order chi connectivity index (χ0) is 23.4. The van der Waals surface area contributed by atoms with Gasteiger partial charge in [-0.05, 0) is 6.92 Å². The van der Waals surface area contributed by atoms with Crippen LogP contribution in [0.4, 0.5) is 0 Å². The van der Waals surface area contributed by atoms with Gasteiger partial charge in [-0.15, -0.1) is 0 Å². The standard InChI is InChI=1S/C18H26O12/c1-7-25-18(24)17(30-13(6)23)16(29-12(5)22)15(28-11(4)21)14(27-10(3)20)8-26-9(2)19/h14-17H,7-8H2,1-6H3/t14-,15+,16+,17-/m1/s1. The van der Waals surface area contributed by atoms with E-state index < -0.39 is 66.8 Å². The van der Waals surface area contributed by atoms with Crippen molar-refractivity contribution in [3.63, 3.8) is 0 Å². The van der Waals surface area contributed by atoms with Crippen LogP contribution in [0.5, 0.6) is 0 Å². The van der Waals surface area contributed by atoms with Crippen LogP contribution >= 0.6 is 0 Å². The van der Waals surface area contributed by atoms with Crippen LogP contribution in [0.1, 0.15) is 41.5 Å². The van der Waals surface area contributed by atoms with Gasteiger partial charge in [0.15, 0.2) is 18.3 Å². The van der Waals surface area contributed by atoms with E-state index in [0.29, 0.717) is 0 Å². The van der Waals surface area contributed by atoms with Gasteiger partial charge in [-0.1, -0.05) is 0 Å². The van der Waals surface area contributed by atoms with Gasteiger partial charge in [-0.3, -0.25) is 24.0 Å². The average molecular weight is 434 g/mol. The third-order valence-corrected chi connectivity index (χ3v) is 3.17. The molecule has 0 spiro atoms. The number of ether oxygens (including phenoxy) is 6. The van der Waals surface area contributed by atoms with Crippen molar-refractivity contribution in [1.82, 2.24) is 0 Å². The third-order valence-electron chi connectivity index (χ3n) is 3.17. The van der Waals surface area contributed by atoms with Crippen LogP contribution in [-0.2, 0) is 57.2 Å². The Morgan fingerprint density at radius 3 is 1.47 bits per heavy atom. The number of hydrogen-bond acceptors (Lipinski definition) is 12. The molecular formula is C18H26O12. The average Bonchev–Trinajstić information content (AvgIpc) is 2.59. The summed E-state index contributed by atoms with van der Waals surface area (Å²) in [5.74, 6) is -5.50. The first kappa shape index (κ1) is 26.8. The van der Waals surface area contributed by atoms with Crippen molar-refractivity contribution in [2.45, 2.75) is 66.0 Å². The van der Waals surface area contributed by atoms with E-state index in [1.165, 1.54) is 6.92 Å². The third kappa shape index (κ3) is 10.4. The van der Waals surface area contributed by atoms with Crippen molar-refractivity contribution in [3.8, 4) is 0 Å². The molecule has 0 aromatic rings. The van der Waals surface area contributed by atoms with E-state index >= 15 is 0 Å². The summed E-state index contributed by atoms with van der Waals surface area (Å²) in [6.45, 7) is 5.84. The molecule has 0 saturated heterocycles. The van der Waals surface area contributed by atoms with Crippen molar-refractivity contribution in [3.05, 3.63) is 0 Å². The van der Waals surface area contributed by atoms with Gasteiger partial charge in [0.05, 0.1) is 6.61 Å². The molecule has 0 heterocycles. The molecule has 0 aromatic heterocycles. The summed E-state index contributed by atoms with van der Waals surface area (Å²) in [7, 11) is 0.